The molecule has 0 unspecified atom stereocenters. The van der Waals surface area contributed by atoms with E-state index < -0.39 is 0 Å². The summed E-state index contributed by atoms with van der Waals surface area (Å²) in [6.07, 6.45) is 0. The van der Waals surface area contributed by atoms with Gasteiger partial charge in [0.2, 0.25) is 0 Å². The van der Waals surface area contributed by atoms with Gasteiger partial charge >= 0.3 is 0 Å². The van der Waals surface area contributed by atoms with E-state index in [2.05, 4.69) is 229 Å². The summed E-state index contributed by atoms with van der Waals surface area (Å²) in [5, 5.41) is 12.6. The molecule has 302 valence electrons. The van der Waals surface area contributed by atoms with Gasteiger partial charge in [0.1, 0.15) is 0 Å². The number of ether oxygens (including phenoxy) is 1. The minimum Gasteiger partial charge on any atom is -0.453 e. The summed E-state index contributed by atoms with van der Waals surface area (Å²) in [5.74, 6) is 1.67. The Kier molecular flexibility index (Phi) is 7.89. The Hall–Kier alpha value is -8.24. The second-order valence-corrected chi connectivity index (χ2v) is 18.3. The number of anilines is 3. The molecule has 0 atom stereocenters. The molecule has 0 N–H and O–H groups in total. The summed E-state index contributed by atoms with van der Waals surface area (Å²) in [6, 6.07) is 82.2. The molecule has 1 aliphatic rings. The Bertz CT molecular complexity index is 4040. The van der Waals surface area contributed by atoms with Gasteiger partial charge in [0, 0.05) is 25.9 Å². The van der Waals surface area contributed by atoms with Gasteiger partial charge in [-0.25, -0.2) is 0 Å². The molecule has 1 aromatic heterocycles. The van der Waals surface area contributed by atoms with Crippen molar-refractivity contribution in [3.63, 3.8) is 0 Å². The lowest BCUT2D eigenvalue weighted by Crippen LogP contribution is -2.16. The first-order valence-corrected chi connectivity index (χ1v) is 23.0. The zero-order valence-corrected chi connectivity index (χ0v) is 35.9. The van der Waals surface area contributed by atoms with Crippen molar-refractivity contribution in [2.75, 3.05) is 4.90 Å². The minimum absolute atomic E-state index is 0.829. The van der Waals surface area contributed by atoms with Gasteiger partial charge in [-0.2, -0.15) is 0 Å². The minimum atomic E-state index is 0.829. The van der Waals surface area contributed by atoms with Crippen LogP contribution in [0.1, 0.15) is 0 Å². The van der Waals surface area contributed by atoms with Gasteiger partial charge < -0.3 is 9.64 Å². The predicted octanol–water partition coefficient (Wildman–Crippen LogP) is 18.3. The molecule has 3 heteroatoms. The van der Waals surface area contributed by atoms with Gasteiger partial charge in [-0.1, -0.05) is 176 Å². The van der Waals surface area contributed by atoms with E-state index in [1.165, 1.54) is 96.8 Å². The fraction of sp³-hybridized carbons (Fsp3) is 0. The largest absolute Gasteiger partial charge is 0.453 e. The maximum Gasteiger partial charge on any atom is 0.152 e. The van der Waals surface area contributed by atoms with Gasteiger partial charge in [0.25, 0.3) is 0 Å². The quantitative estimate of drug-likeness (QED) is 0.160. The SMILES string of the molecule is c1ccc(-c2ccc3sc4c(-c5ccc6c(c5)N(c5cccc(-c7ccc8ccc9c(-c%10ccccc%10)ccc%10ccc7c8c%109)c5)c5cc7ccccc7cc5O6)cccc4c3c2)cc1. The third-order valence-corrected chi connectivity index (χ3v) is 14.8. The Morgan fingerprint density at radius 2 is 0.938 bits per heavy atom. The van der Waals surface area contributed by atoms with Crippen LogP contribution in [0, 0.1) is 0 Å². The maximum absolute atomic E-state index is 6.86. The van der Waals surface area contributed by atoms with E-state index in [4.69, 9.17) is 4.74 Å². The molecule has 0 saturated heterocycles. The zero-order chi connectivity index (χ0) is 42.6. The van der Waals surface area contributed by atoms with E-state index in [9.17, 15) is 0 Å². The van der Waals surface area contributed by atoms with Gasteiger partial charge in [-0.3, -0.25) is 0 Å². The molecule has 1 aliphatic heterocycles. The van der Waals surface area contributed by atoms with Crippen molar-refractivity contribution in [2.45, 2.75) is 0 Å². The van der Waals surface area contributed by atoms with Gasteiger partial charge in [-0.05, 0) is 136 Å². The first-order chi connectivity index (χ1) is 32.2. The predicted molar refractivity (Wildman–Crippen MR) is 277 cm³/mol. The van der Waals surface area contributed by atoms with E-state index in [1.807, 2.05) is 11.3 Å². The highest BCUT2D eigenvalue weighted by molar-refractivity contribution is 7.26. The molecule has 0 saturated carbocycles. The molecule has 65 heavy (non-hydrogen) atoms. The van der Waals surface area contributed by atoms with Crippen LogP contribution in [-0.4, -0.2) is 0 Å². The maximum atomic E-state index is 6.86. The summed E-state index contributed by atoms with van der Waals surface area (Å²) < 4.78 is 9.43. The number of nitrogens with zero attached hydrogens (tertiary/aromatic N) is 1. The summed E-state index contributed by atoms with van der Waals surface area (Å²) >= 11 is 1.87. The molecule has 0 aliphatic carbocycles. The van der Waals surface area contributed by atoms with Gasteiger partial charge in [0.15, 0.2) is 11.5 Å². The summed E-state index contributed by atoms with van der Waals surface area (Å²) in [5.41, 5.74) is 12.8. The number of thiophene rings is 1. The fourth-order valence-electron chi connectivity index (χ4n) is 10.5. The van der Waals surface area contributed by atoms with Crippen molar-refractivity contribution in [2.24, 2.45) is 0 Å². The molecule has 13 aromatic rings. The topological polar surface area (TPSA) is 12.5 Å². The number of benzene rings is 12. The lowest BCUT2D eigenvalue weighted by molar-refractivity contribution is 0.478. The summed E-state index contributed by atoms with van der Waals surface area (Å²) in [7, 11) is 0. The average Bonchev–Trinajstić information content (AvgIpc) is 3.75. The molecule has 0 amide bonds. The van der Waals surface area contributed by atoms with Crippen molar-refractivity contribution in [1.82, 2.24) is 0 Å². The fourth-order valence-corrected chi connectivity index (χ4v) is 11.7. The number of hydrogen-bond acceptors (Lipinski definition) is 3. The smallest absolute Gasteiger partial charge is 0.152 e. The number of rotatable bonds is 5. The number of hydrogen-bond donors (Lipinski definition) is 0. The summed E-state index contributed by atoms with van der Waals surface area (Å²) in [6.45, 7) is 0. The van der Waals surface area contributed by atoms with Crippen molar-refractivity contribution in [3.8, 4) is 56.0 Å². The van der Waals surface area contributed by atoms with E-state index >= 15 is 0 Å². The molecule has 0 radical (unpaired) electrons. The van der Waals surface area contributed by atoms with Crippen LogP contribution in [0.25, 0.3) is 108 Å². The van der Waals surface area contributed by atoms with Crippen LogP contribution < -0.4 is 9.64 Å². The lowest BCUT2D eigenvalue weighted by Gasteiger charge is -2.34. The van der Waals surface area contributed by atoms with Crippen molar-refractivity contribution in [1.29, 1.82) is 0 Å². The Morgan fingerprint density at radius 3 is 1.71 bits per heavy atom. The highest BCUT2D eigenvalue weighted by Gasteiger charge is 2.28. The van der Waals surface area contributed by atoms with Crippen LogP contribution in [-0.2, 0) is 0 Å². The molecular weight excluding hydrogens is 807 g/mol. The molecule has 0 spiro atoms. The van der Waals surface area contributed by atoms with E-state index in [-0.39, 0.29) is 0 Å². The molecule has 0 bridgehead atoms. The van der Waals surface area contributed by atoms with Crippen LogP contribution in [0.3, 0.4) is 0 Å². The van der Waals surface area contributed by atoms with Crippen LogP contribution in [0.5, 0.6) is 11.5 Å². The van der Waals surface area contributed by atoms with Crippen LogP contribution >= 0.6 is 11.3 Å². The average molecular weight is 844 g/mol. The highest BCUT2D eigenvalue weighted by atomic mass is 32.1. The van der Waals surface area contributed by atoms with Crippen molar-refractivity contribution < 1.29 is 4.74 Å². The normalized spacial score (nSPS) is 12.4. The molecular formula is C62H37NOS. The third kappa shape index (κ3) is 5.66. The highest BCUT2D eigenvalue weighted by Crippen LogP contribution is 2.54. The van der Waals surface area contributed by atoms with Crippen LogP contribution in [0.4, 0.5) is 17.1 Å². The zero-order valence-electron chi connectivity index (χ0n) is 35.1. The van der Waals surface area contributed by atoms with E-state index in [0.29, 0.717) is 0 Å². The lowest BCUT2D eigenvalue weighted by atomic mass is 9.87. The molecule has 2 nitrogen and oxygen atoms in total. The van der Waals surface area contributed by atoms with Gasteiger partial charge in [-0.15, -0.1) is 11.3 Å². The number of fused-ring (bicyclic) bond motifs is 6. The first-order valence-electron chi connectivity index (χ1n) is 22.2. The van der Waals surface area contributed by atoms with Crippen molar-refractivity contribution >= 4 is 91.7 Å². The summed E-state index contributed by atoms with van der Waals surface area (Å²) in [4.78, 5) is 2.41. The standard InChI is InChI=1S/C62H37NOS/c1-3-11-38(12-4-1)44-26-32-59-54(34-44)53-20-10-19-50(62(53)65-59)46-25-31-57-55(36-46)63(56-35-42-15-7-8-16-43(42)37-58(56)64-57)47-18-9-17-45(33-47)49-28-22-41-23-29-51-48(39-13-5-2-6-14-39)27-21-40-24-30-52(49)61(41)60(40)51/h1-37H. The Labute approximate surface area is 379 Å². The van der Waals surface area contributed by atoms with E-state index in [1.54, 1.807) is 0 Å². The molecule has 14 rings (SSSR count). The monoisotopic (exact) mass is 843 g/mol. The second-order valence-electron chi connectivity index (χ2n) is 17.2. The Balaban J connectivity index is 0.939. The second kappa shape index (κ2) is 14.1. The van der Waals surface area contributed by atoms with Crippen LogP contribution in [0.15, 0.2) is 224 Å². The molecule has 0 fully saturated rings. The van der Waals surface area contributed by atoms with E-state index in [0.717, 1.165) is 39.5 Å². The van der Waals surface area contributed by atoms with Crippen molar-refractivity contribution in [3.05, 3.63) is 224 Å². The Morgan fingerprint density at radius 1 is 0.323 bits per heavy atom. The third-order valence-electron chi connectivity index (χ3n) is 13.6. The molecule has 2 heterocycles. The first kappa shape index (κ1) is 36.3. The van der Waals surface area contributed by atoms with Gasteiger partial charge in [0.05, 0.1) is 11.4 Å². The molecule has 12 aromatic carbocycles. The van der Waals surface area contributed by atoms with Crippen LogP contribution in [0.2, 0.25) is 0 Å².